The zero-order valence-corrected chi connectivity index (χ0v) is 18.0. The maximum Gasteiger partial charge on any atom is 0.264 e. The van der Waals surface area contributed by atoms with Gasteiger partial charge in [-0.25, -0.2) is 4.98 Å². The summed E-state index contributed by atoms with van der Waals surface area (Å²) in [6.45, 7) is 5.90. The molecule has 2 aromatic carbocycles. The van der Waals surface area contributed by atoms with Crippen molar-refractivity contribution in [3.63, 3.8) is 0 Å². The summed E-state index contributed by atoms with van der Waals surface area (Å²) in [7, 11) is 3.21. The first-order valence-electron chi connectivity index (χ1n) is 9.09. The first-order chi connectivity index (χ1) is 13.9. The van der Waals surface area contributed by atoms with E-state index in [1.807, 2.05) is 56.5 Å². The van der Waals surface area contributed by atoms with Gasteiger partial charge in [-0.3, -0.25) is 10.1 Å². The summed E-state index contributed by atoms with van der Waals surface area (Å²) >= 11 is 1.34. The van der Waals surface area contributed by atoms with E-state index in [2.05, 4.69) is 10.3 Å². The number of amides is 1. The van der Waals surface area contributed by atoms with Crippen LogP contribution in [0.5, 0.6) is 17.2 Å². The minimum absolute atomic E-state index is 0.0812. The van der Waals surface area contributed by atoms with E-state index < -0.39 is 0 Å². The third-order valence-corrected chi connectivity index (χ3v) is 5.14. The van der Waals surface area contributed by atoms with Crippen molar-refractivity contribution in [3.8, 4) is 28.5 Å². The molecule has 3 rings (SSSR count). The Bertz CT molecular complexity index is 1010. The van der Waals surface area contributed by atoms with E-state index in [9.17, 15) is 4.79 Å². The number of carbonyl (C=O) groups is 1. The fourth-order valence-corrected chi connectivity index (χ4v) is 3.88. The molecular formula is C22H24N2O4S. The Hall–Kier alpha value is -3.06. The van der Waals surface area contributed by atoms with Crippen molar-refractivity contribution in [2.45, 2.75) is 20.8 Å². The molecule has 0 atom stereocenters. The standard InChI is InChI=1S/C22H24N2O4S/c1-13-8-14(2)21(15(3)9-13)28-11-20(25)24-22-23-18(12-29-22)17-10-16(26-4)6-7-19(17)27-5/h6-10,12H,11H2,1-5H3,(H,23,24,25). The van der Waals surface area contributed by atoms with Gasteiger partial charge < -0.3 is 14.2 Å². The number of benzene rings is 2. The highest BCUT2D eigenvalue weighted by Crippen LogP contribution is 2.35. The number of aromatic nitrogens is 1. The fraction of sp³-hybridized carbons (Fsp3) is 0.273. The van der Waals surface area contributed by atoms with Crippen molar-refractivity contribution in [2.75, 3.05) is 26.1 Å². The van der Waals surface area contributed by atoms with Crippen LogP contribution in [-0.2, 0) is 4.79 Å². The van der Waals surface area contributed by atoms with Crippen LogP contribution in [0.3, 0.4) is 0 Å². The first kappa shape index (κ1) is 20.7. The maximum absolute atomic E-state index is 12.3. The van der Waals surface area contributed by atoms with Crippen LogP contribution in [-0.4, -0.2) is 31.7 Å². The lowest BCUT2D eigenvalue weighted by Gasteiger charge is -2.12. The van der Waals surface area contributed by atoms with Crippen molar-refractivity contribution in [1.82, 2.24) is 4.98 Å². The van der Waals surface area contributed by atoms with Crippen molar-refractivity contribution >= 4 is 22.4 Å². The van der Waals surface area contributed by atoms with Crippen LogP contribution in [0, 0.1) is 20.8 Å². The third-order valence-electron chi connectivity index (χ3n) is 4.39. The molecule has 1 N–H and O–H groups in total. The first-order valence-corrected chi connectivity index (χ1v) is 9.97. The number of ether oxygens (including phenoxy) is 3. The second-order valence-electron chi connectivity index (χ2n) is 6.67. The number of methoxy groups -OCH3 is 2. The van der Waals surface area contributed by atoms with Crippen molar-refractivity contribution in [1.29, 1.82) is 0 Å². The number of hydrogen-bond acceptors (Lipinski definition) is 6. The zero-order chi connectivity index (χ0) is 21.0. The molecule has 0 aliphatic rings. The van der Waals surface area contributed by atoms with Gasteiger partial charge in [-0.15, -0.1) is 11.3 Å². The lowest BCUT2D eigenvalue weighted by atomic mass is 10.1. The van der Waals surface area contributed by atoms with Gasteiger partial charge in [0, 0.05) is 10.9 Å². The van der Waals surface area contributed by atoms with Crippen LogP contribution < -0.4 is 19.5 Å². The average Bonchev–Trinajstić information content (AvgIpc) is 3.14. The molecule has 0 radical (unpaired) electrons. The van der Waals surface area contributed by atoms with Crippen molar-refractivity contribution < 1.29 is 19.0 Å². The molecule has 0 saturated heterocycles. The maximum atomic E-state index is 12.3. The van der Waals surface area contributed by atoms with Gasteiger partial charge >= 0.3 is 0 Å². The number of thiazole rings is 1. The molecular weight excluding hydrogens is 388 g/mol. The predicted molar refractivity (Wildman–Crippen MR) is 115 cm³/mol. The highest BCUT2D eigenvalue weighted by atomic mass is 32.1. The molecule has 3 aromatic rings. The summed E-state index contributed by atoms with van der Waals surface area (Å²) in [5.41, 5.74) is 4.69. The molecule has 0 fully saturated rings. The SMILES string of the molecule is COc1ccc(OC)c(-c2csc(NC(=O)COc3c(C)cc(C)cc3C)n2)c1. The smallest absolute Gasteiger partial charge is 0.264 e. The molecule has 7 heteroatoms. The lowest BCUT2D eigenvalue weighted by Crippen LogP contribution is -2.20. The topological polar surface area (TPSA) is 69.7 Å². The molecule has 0 aliphatic carbocycles. The molecule has 152 valence electrons. The Balaban J connectivity index is 1.68. The Morgan fingerprint density at radius 1 is 1.07 bits per heavy atom. The van der Waals surface area contributed by atoms with Crippen LogP contribution in [0.1, 0.15) is 16.7 Å². The Morgan fingerprint density at radius 2 is 1.79 bits per heavy atom. The number of carbonyl (C=O) groups excluding carboxylic acids is 1. The minimum atomic E-state index is -0.261. The van der Waals surface area contributed by atoms with Crippen LogP contribution in [0.2, 0.25) is 0 Å². The van der Waals surface area contributed by atoms with E-state index in [1.165, 1.54) is 16.9 Å². The highest BCUT2D eigenvalue weighted by Gasteiger charge is 2.14. The van der Waals surface area contributed by atoms with Gasteiger partial charge in [0.25, 0.3) is 5.91 Å². The number of nitrogens with zero attached hydrogens (tertiary/aromatic N) is 1. The number of nitrogens with one attached hydrogen (secondary N) is 1. The fourth-order valence-electron chi connectivity index (χ4n) is 3.16. The van der Waals surface area contributed by atoms with Crippen LogP contribution >= 0.6 is 11.3 Å². The molecule has 1 amide bonds. The van der Waals surface area contributed by atoms with E-state index in [4.69, 9.17) is 14.2 Å². The number of anilines is 1. The average molecular weight is 413 g/mol. The Kier molecular flexibility index (Phi) is 6.39. The second-order valence-corrected chi connectivity index (χ2v) is 7.53. The Morgan fingerprint density at radius 3 is 2.45 bits per heavy atom. The van der Waals surface area contributed by atoms with Gasteiger partial charge in [0.1, 0.15) is 17.2 Å². The summed E-state index contributed by atoms with van der Waals surface area (Å²) < 4.78 is 16.4. The zero-order valence-electron chi connectivity index (χ0n) is 17.2. The second kappa shape index (κ2) is 8.96. The van der Waals surface area contributed by atoms with Gasteiger partial charge in [-0.1, -0.05) is 17.7 Å². The number of aryl methyl sites for hydroxylation is 3. The lowest BCUT2D eigenvalue weighted by molar-refractivity contribution is -0.118. The van der Waals surface area contributed by atoms with Crippen LogP contribution in [0.25, 0.3) is 11.3 Å². The molecule has 0 aliphatic heterocycles. The summed E-state index contributed by atoms with van der Waals surface area (Å²) in [5, 5.41) is 5.15. The monoisotopic (exact) mass is 412 g/mol. The minimum Gasteiger partial charge on any atom is -0.497 e. The van der Waals surface area contributed by atoms with E-state index in [0.29, 0.717) is 22.3 Å². The molecule has 1 aromatic heterocycles. The highest BCUT2D eigenvalue weighted by molar-refractivity contribution is 7.14. The molecule has 0 unspecified atom stereocenters. The summed E-state index contributed by atoms with van der Waals surface area (Å²) in [6, 6.07) is 9.57. The van der Waals surface area contributed by atoms with Gasteiger partial charge in [0.15, 0.2) is 11.7 Å². The summed E-state index contributed by atoms with van der Waals surface area (Å²) in [6.07, 6.45) is 0. The normalized spacial score (nSPS) is 10.5. The summed E-state index contributed by atoms with van der Waals surface area (Å²) in [4.78, 5) is 16.8. The van der Waals surface area contributed by atoms with E-state index >= 15 is 0 Å². The number of rotatable bonds is 7. The molecule has 0 spiro atoms. The van der Waals surface area contributed by atoms with Crippen molar-refractivity contribution in [3.05, 3.63) is 52.4 Å². The quantitative estimate of drug-likeness (QED) is 0.605. The van der Waals surface area contributed by atoms with Gasteiger partial charge in [-0.05, 0) is 50.1 Å². The predicted octanol–water partition coefficient (Wildman–Crippen LogP) is 4.77. The van der Waals surface area contributed by atoms with Crippen LogP contribution in [0.15, 0.2) is 35.7 Å². The molecule has 0 bridgehead atoms. The van der Waals surface area contributed by atoms with Gasteiger partial charge in [-0.2, -0.15) is 0 Å². The largest absolute Gasteiger partial charge is 0.497 e. The number of hydrogen-bond donors (Lipinski definition) is 1. The molecule has 6 nitrogen and oxygen atoms in total. The summed E-state index contributed by atoms with van der Waals surface area (Å²) in [5.74, 6) is 1.87. The third kappa shape index (κ3) is 4.86. The van der Waals surface area contributed by atoms with Gasteiger partial charge in [0.2, 0.25) is 0 Å². The van der Waals surface area contributed by atoms with Gasteiger partial charge in [0.05, 0.1) is 19.9 Å². The molecule has 0 saturated carbocycles. The van der Waals surface area contributed by atoms with E-state index in [0.717, 1.165) is 22.4 Å². The van der Waals surface area contributed by atoms with Crippen LogP contribution in [0.4, 0.5) is 5.13 Å². The van der Waals surface area contributed by atoms with Crippen molar-refractivity contribution in [2.24, 2.45) is 0 Å². The molecule has 1 heterocycles. The molecule has 29 heavy (non-hydrogen) atoms. The Labute approximate surface area is 174 Å². The van der Waals surface area contributed by atoms with E-state index in [1.54, 1.807) is 14.2 Å². The van der Waals surface area contributed by atoms with E-state index in [-0.39, 0.29) is 12.5 Å².